The molecule has 36 heavy (non-hydrogen) atoms. The number of phosphoric acid groups is 1. The van der Waals surface area contributed by atoms with Gasteiger partial charge in [0.25, 0.3) is 5.56 Å². The highest BCUT2D eigenvalue weighted by atomic mass is 31.2. The van der Waals surface area contributed by atoms with Gasteiger partial charge in [0.1, 0.15) is 18.2 Å². The van der Waals surface area contributed by atoms with Gasteiger partial charge in [-0.1, -0.05) is 0 Å². The van der Waals surface area contributed by atoms with Crippen molar-refractivity contribution in [3.63, 3.8) is 0 Å². The second-order valence-electron chi connectivity index (χ2n) is 10.5. The molecule has 0 saturated carbocycles. The number of hydrogen-bond acceptors (Lipinski definition) is 8. The highest BCUT2D eigenvalue weighted by Crippen LogP contribution is 2.43. The molecule has 3 heterocycles. The summed E-state index contributed by atoms with van der Waals surface area (Å²) >= 11 is 0. The molecule has 2 aliphatic heterocycles. The van der Waals surface area contributed by atoms with Crippen molar-refractivity contribution in [2.45, 2.75) is 89.1 Å². The molecule has 0 aromatic carbocycles. The quantitative estimate of drug-likeness (QED) is 0.251. The number of aromatic amines is 1. The molecule has 1 radical (unpaired) electrons. The lowest BCUT2D eigenvalue weighted by atomic mass is 9.79. The summed E-state index contributed by atoms with van der Waals surface area (Å²) in [5.74, 6) is 0. The molecule has 0 unspecified atom stereocenters. The topological polar surface area (TPSA) is 215 Å². The lowest BCUT2D eigenvalue weighted by molar-refractivity contribution is -0.289. The Kier molecular flexibility index (Phi) is 7.90. The summed E-state index contributed by atoms with van der Waals surface area (Å²) in [6.07, 6.45) is -2.43. The minimum atomic E-state index is -5.12. The van der Waals surface area contributed by atoms with E-state index in [1.165, 1.54) is 13.1 Å². The van der Waals surface area contributed by atoms with Gasteiger partial charge < -0.3 is 30.3 Å². The molecule has 2 saturated heterocycles. The van der Waals surface area contributed by atoms with Crippen molar-refractivity contribution in [2.75, 3.05) is 6.61 Å². The summed E-state index contributed by atoms with van der Waals surface area (Å²) in [7, 11) is -5.12. The van der Waals surface area contributed by atoms with Crippen LogP contribution in [-0.4, -0.2) is 77.5 Å². The van der Waals surface area contributed by atoms with Gasteiger partial charge in [0.15, 0.2) is 6.23 Å². The van der Waals surface area contributed by atoms with Crippen LogP contribution in [0.3, 0.4) is 0 Å². The number of hydrogen-bond donors (Lipinski definition) is 6. The van der Waals surface area contributed by atoms with E-state index in [4.69, 9.17) is 9.26 Å². The summed E-state index contributed by atoms with van der Waals surface area (Å²) in [4.78, 5) is 58.2. The van der Waals surface area contributed by atoms with Crippen LogP contribution in [0, 0.1) is 6.92 Å². The molecule has 1 aromatic rings. The molecule has 0 bridgehead atoms. The number of carbonyl (C=O) groups is 1. The Morgan fingerprint density at radius 2 is 1.81 bits per heavy atom. The first kappa shape index (κ1) is 28.5. The van der Waals surface area contributed by atoms with Crippen LogP contribution in [0.1, 0.15) is 52.3 Å². The number of aliphatic hydroxyl groups is 1. The summed E-state index contributed by atoms with van der Waals surface area (Å²) < 4.78 is 23.1. The third kappa shape index (κ3) is 6.06. The molecule has 15 nitrogen and oxygen atoms in total. The zero-order valence-corrected chi connectivity index (χ0v) is 21.5. The number of aromatic nitrogens is 2. The zero-order valence-electron chi connectivity index (χ0n) is 20.6. The lowest BCUT2D eigenvalue weighted by Crippen LogP contribution is -2.63. The van der Waals surface area contributed by atoms with Crippen LogP contribution >= 0.6 is 7.82 Å². The monoisotopic (exact) mass is 534 g/mol. The number of hydroxylamine groups is 2. The molecule has 2 aliphatic rings. The Morgan fingerprint density at radius 3 is 2.33 bits per heavy atom. The Labute approximate surface area is 206 Å². The highest BCUT2D eigenvalue weighted by molar-refractivity contribution is 7.46. The maximum Gasteiger partial charge on any atom is 0.470 e. The third-order valence-corrected chi connectivity index (χ3v) is 6.94. The molecule has 4 atom stereocenters. The maximum atomic E-state index is 13.0. The van der Waals surface area contributed by atoms with E-state index in [0.717, 1.165) is 9.63 Å². The lowest BCUT2D eigenvalue weighted by Gasteiger charge is -2.50. The molecule has 0 aliphatic carbocycles. The number of amides is 2. The SMILES string of the molecule is Cc1cn([C@@H]2O[C@H](CO)[C@@H](OP(=O)(O)O)[C@H]2NC(=O)NC2CC(C)(C)N([O])C(C)(C)C2)c(=O)[nH]c1=O. The summed E-state index contributed by atoms with van der Waals surface area (Å²) in [6.45, 7) is 7.72. The van der Waals surface area contributed by atoms with E-state index < -0.39 is 73.3 Å². The Balaban J connectivity index is 1.91. The summed E-state index contributed by atoms with van der Waals surface area (Å²) in [5, 5.41) is 28.7. The number of nitrogens with zero attached hydrogens (tertiary/aromatic N) is 2. The summed E-state index contributed by atoms with van der Waals surface area (Å²) in [5.41, 5.74) is -2.95. The average Bonchev–Trinajstić information content (AvgIpc) is 3.03. The first-order chi connectivity index (χ1) is 16.4. The van der Waals surface area contributed by atoms with Gasteiger partial charge >= 0.3 is 19.5 Å². The molecule has 16 heteroatoms. The Bertz CT molecular complexity index is 1130. The van der Waals surface area contributed by atoms with Crippen LogP contribution in [0.5, 0.6) is 0 Å². The second kappa shape index (κ2) is 9.99. The van der Waals surface area contributed by atoms with Gasteiger partial charge in [-0.25, -0.2) is 14.2 Å². The number of carbonyl (C=O) groups excluding carboxylic acids is 1. The van der Waals surface area contributed by atoms with Gasteiger partial charge in [-0.15, -0.1) is 10.3 Å². The first-order valence-electron chi connectivity index (χ1n) is 11.3. The zero-order chi connectivity index (χ0) is 27.2. The Morgan fingerprint density at radius 1 is 1.22 bits per heavy atom. The average molecular weight is 534 g/mol. The van der Waals surface area contributed by atoms with E-state index in [9.17, 15) is 39.0 Å². The van der Waals surface area contributed by atoms with E-state index in [0.29, 0.717) is 12.8 Å². The van der Waals surface area contributed by atoms with Crippen LogP contribution in [-0.2, 0) is 19.0 Å². The van der Waals surface area contributed by atoms with Gasteiger partial charge in [-0.3, -0.25) is 18.9 Å². The standard InChI is InChI=1S/C20H33N5O10P/c1-10-8-24(18(29)23-15(10)27)16-13(14(12(9-26)34-16)35-36(31,32)33)22-17(28)21-11-6-19(2,3)25(30)20(4,5)7-11/h8,11-14,16,26H,6-7,9H2,1-5H3,(H2,21,22,28)(H,23,27,29)(H2,31,32,33)/t12-,13-,14-,16-/m1/s1. The number of aryl methyl sites for hydroxylation is 1. The van der Waals surface area contributed by atoms with Gasteiger partial charge in [-0.05, 0) is 47.5 Å². The summed E-state index contributed by atoms with van der Waals surface area (Å²) in [6, 6.07) is -2.55. The molecule has 2 amide bonds. The van der Waals surface area contributed by atoms with E-state index in [-0.39, 0.29) is 5.56 Å². The van der Waals surface area contributed by atoms with Crippen molar-refractivity contribution in [1.82, 2.24) is 25.2 Å². The van der Waals surface area contributed by atoms with E-state index in [1.54, 1.807) is 27.7 Å². The normalized spacial score (nSPS) is 28.7. The largest absolute Gasteiger partial charge is 0.470 e. The van der Waals surface area contributed by atoms with Crippen LogP contribution in [0.4, 0.5) is 4.79 Å². The van der Waals surface area contributed by atoms with Gasteiger partial charge in [0, 0.05) is 28.9 Å². The van der Waals surface area contributed by atoms with Crippen molar-refractivity contribution in [1.29, 1.82) is 0 Å². The maximum absolute atomic E-state index is 13.0. The van der Waals surface area contributed by atoms with Crippen molar-refractivity contribution in [3.8, 4) is 0 Å². The van der Waals surface area contributed by atoms with E-state index >= 15 is 0 Å². The predicted molar refractivity (Wildman–Crippen MR) is 123 cm³/mol. The fourth-order valence-electron chi connectivity index (χ4n) is 5.08. The Hall–Kier alpha value is -2.10. The highest BCUT2D eigenvalue weighted by Gasteiger charge is 2.51. The van der Waals surface area contributed by atoms with Crippen molar-refractivity contribution >= 4 is 13.9 Å². The predicted octanol–water partition coefficient (Wildman–Crippen LogP) is -0.752. The molecular weight excluding hydrogens is 501 g/mol. The number of nitrogens with one attached hydrogen (secondary N) is 3. The molecule has 6 N–H and O–H groups in total. The van der Waals surface area contributed by atoms with Crippen LogP contribution < -0.4 is 21.9 Å². The van der Waals surface area contributed by atoms with E-state index in [2.05, 4.69) is 15.6 Å². The number of urea groups is 1. The van der Waals surface area contributed by atoms with Gasteiger partial charge in [-0.2, -0.15) is 0 Å². The van der Waals surface area contributed by atoms with E-state index in [1.807, 2.05) is 0 Å². The minimum Gasteiger partial charge on any atom is -0.394 e. The fourth-order valence-corrected chi connectivity index (χ4v) is 5.67. The third-order valence-electron chi connectivity index (χ3n) is 6.43. The number of phosphoric ester groups is 1. The van der Waals surface area contributed by atoms with Crippen LogP contribution in [0.2, 0.25) is 0 Å². The molecular formula is C20H33N5O10P. The fraction of sp³-hybridized carbons (Fsp3) is 0.750. The van der Waals surface area contributed by atoms with Gasteiger partial charge in [0.05, 0.1) is 6.61 Å². The smallest absolute Gasteiger partial charge is 0.394 e. The number of aliphatic hydroxyl groups excluding tert-OH is 1. The molecule has 2 fully saturated rings. The number of rotatable bonds is 6. The van der Waals surface area contributed by atoms with Crippen LogP contribution in [0.25, 0.3) is 0 Å². The van der Waals surface area contributed by atoms with Crippen molar-refractivity contribution < 1.29 is 38.7 Å². The minimum absolute atomic E-state index is 0.134. The molecule has 0 spiro atoms. The number of ether oxygens (including phenoxy) is 1. The van der Waals surface area contributed by atoms with Crippen LogP contribution in [0.15, 0.2) is 15.8 Å². The molecule has 203 valence electrons. The second-order valence-corrected chi connectivity index (χ2v) is 11.6. The molecule has 1 aromatic heterocycles. The van der Waals surface area contributed by atoms with Crippen molar-refractivity contribution in [2.24, 2.45) is 0 Å². The molecule has 3 rings (SSSR count). The number of H-pyrrole nitrogens is 1. The first-order valence-corrected chi connectivity index (χ1v) is 12.8. The number of piperidine rings is 1. The van der Waals surface area contributed by atoms with Gasteiger partial charge in [0.2, 0.25) is 0 Å². The van der Waals surface area contributed by atoms with Crippen molar-refractivity contribution in [3.05, 3.63) is 32.6 Å².